The third kappa shape index (κ3) is 4.24. The molecule has 2 aliphatic heterocycles. The normalized spacial score (nSPS) is 16.5. The van der Waals surface area contributed by atoms with E-state index in [1.54, 1.807) is 28.5 Å². The zero-order valence-corrected chi connectivity index (χ0v) is 18.9. The van der Waals surface area contributed by atoms with Crippen LogP contribution >= 0.6 is 0 Å². The van der Waals surface area contributed by atoms with Crippen LogP contribution in [0.1, 0.15) is 37.0 Å². The maximum absolute atomic E-state index is 13.1. The molecule has 1 N–H and O–H groups in total. The largest absolute Gasteiger partial charge is 0.469 e. The molecule has 0 radical (unpaired) electrons. The molecule has 2 aromatic rings. The number of likely N-dealkylation sites (tertiary alicyclic amines) is 1. The topological polar surface area (TPSA) is 116 Å². The summed E-state index contributed by atoms with van der Waals surface area (Å²) < 4.78 is 17.3. The van der Waals surface area contributed by atoms with Crippen LogP contribution in [0.3, 0.4) is 0 Å². The van der Waals surface area contributed by atoms with E-state index in [9.17, 15) is 19.2 Å². The van der Waals surface area contributed by atoms with Gasteiger partial charge in [-0.3, -0.25) is 19.2 Å². The number of carbonyl (C=O) groups excluding carboxylic acids is 3. The molecule has 1 fully saturated rings. The number of rotatable bonds is 5. The van der Waals surface area contributed by atoms with Crippen molar-refractivity contribution >= 4 is 28.7 Å². The van der Waals surface area contributed by atoms with Crippen LogP contribution in [0.15, 0.2) is 23.1 Å². The van der Waals surface area contributed by atoms with Crippen molar-refractivity contribution in [1.29, 1.82) is 0 Å². The Labute approximate surface area is 190 Å². The van der Waals surface area contributed by atoms with Gasteiger partial charge in [0.15, 0.2) is 11.5 Å². The van der Waals surface area contributed by atoms with Gasteiger partial charge in [-0.05, 0) is 32.8 Å². The molecule has 3 heterocycles. The van der Waals surface area contributed by atoms with Crippen LogP contribution in [-0.2, 0) is 20.9 Å². The number of fused-ring (bicyclic) bond motifs is 2. The highest BCUT2D eigenvalue weighted by Gasteiger charge is 2.31. The highest BCUT2D eigenvalue weighted by atomic mass is 16.7. The molecule has 0 unspecified atom stereocenters. The van der Waals surface area contributed by atoms with Gasteiger partial charge in [0.25, 0.3) is 5.91 Å². The number of nitrogens with zero attached hydrogens (tertiary/aromatic N) is 2. The van der Waals surface area contributed by atoms with Crippen LogP contribution in [0.5, 0.6) is 11.5 Å². The average Bonchev–Trinajstić information content (AvgIpc) is 3.30. The van der Waals surface area contributed by atoms with Crippen molar-refractivity contribution in [3.63, 3.8) is 0 Å². The van der Waals surface area contributed by atoms with Crippen molar-refractivity contribution < 1.29 is 28.6 Å². The van der Waals surface area contributed by atoms with Gasteiger partial charge >= 0.3 is 5.97 Å². The minimum Gasteiger partial charge on any atom is -0.469 e. The van der Waals surface area contributed by atoms with Gasteiger partial charge in [0.2, 0.25) is 18.1 Å². The number of aromatic nitrogens is 1. The molecule has 1 atom stereocenters. The first kappa shape index (κ1) is 22.6. The fraction of sp³-hybridized carbons (Fsp3) is 0.478. The number of nitrogens with one attached hydrogen (secondary N) is 1. The maximum Gasteiger partial charge on any atom is 0.308 e. The summed E-state index contributed by atoms with van der Waals surface area (Å²) in [6, 6.07) is 2.49. The lowest BCUT2D eigenvalue weighted by Gasteiger charge is -2.32. The van der Waals surface area contributed by atoms with E-state index in [0.717, 1.165) is 0 Å². The predicted octanol–water partition coefficient (Wildman–Crippen LogP) is 1.28. The molecule has 33 heavy (non-hydrogen) atoms. The van der Waals surface area contributed by atoms with Crippen LogP contribution in [0.25, 0.3) is 10.9 Å². The van der Waals surface area contributed by atoms with Gasteiger partial charge in [0.1, 0.15) is 11.6 Å². The summed E-state index contributed by atoms with van der Waals surface area (Å²) >= 11 is 0. The molecular weight excluding hydrogens is 430 g/mol. The van der Waals surface area contributed by atoms with Crippen molar-refractivity contribution in [2.24, 2.45) is 5.92 Å². The van der Waals surface area contributed by atoms with E-state index in [4.69, 9.17) is 14.2 Å². The second-order valence-electron chi connectivity index (χ2n) is 8.20. The summed E-state index contributed by atoms with van der Waals surface area (Å²) in [6.07, 6.45) is 2.53. The maximum atomic E-state index is 13.1. The molecule has 2 amide bonds. The van der Waals surface area contributed by atoms with E-state index in [1.807, 2.05) is 6.92 Å². The number of pyridine rings is 1. The lowest BCUT2D eigenvalue weighted by atomic mass is 9.96. The van der Waals surface area contributed by atoms with Gasteiger partial charge in [-0.25, -0.2) is 0 Å². The van der Waals surface area contributed by atoms with E-state index in [1.165, 1.54) is 13.3 Å². The third-order valence-electron chi connectivity index (χ3n) is 6.22. The SMILES string of the molecule is CCn1cc(C(=O)N[C@@H](C)C(=O)N2CCC(C(=O)OC)CC2)c(=O)c2cc3c(cc21)OCO3. The molecule has 0 aliphatic carbocycles. The number of ether oxygens (including phenoxy) is 3. The average molecular weight is 457 g/mol. The molecule has 1 aromatic heterocycles. The molecule has 2 aliphatic rings. The Kier molecular flexibility index (Phi) is 6.26. The van der Waals surface area contributed by atoms with Crippen molar-refractivity contribution in [2.75, 3.05) is 27.0 Å². The smallest absolute Gasteiger partial charge is 0.308 e. The van der Waals surface area contributed by atoms with Crippen molar-refractivity contribution in [1.82, 2.24) is 14.8 Å². The number of methoxy groups -OCH3 is 1. The predicted molar refractivity (Wildman–Crippen MR) is 118 cm³/mol. The van der Waals surface area contributed by atoms with Crippen LogP contribution in [0.4, 0.5) is 0 Å². The molecule has 0 spiro atoms. The fourth-order valence-corrected chi connectivity index (χ4v) is 4.32. The summed E-state index contributed by atoms with van der Waals surface area (Å²) in [6.45, 7) is 4.91. The van der Waals surface area contributed by atoms with Gasteiger partial charge in [-0.15, -0.1) is 0 Å². The standard InChI is InChI=1S/C23H27N3O7/c1-4-25-11-16(20(27)15-9-18-19(10-17(15)25)33-12-32-18)21(28)24-13(2)22(29)26-7-5-14(6-8-26)23(30)31-3/h9-11,13-14H,4-8,12H2,1-3H3,(H,24,28)/t13-/m0/s1. The van der Waals surface area contributed by atoms with E-state index >= 15 is 0 Å². The molecule has 10 nitrogen and oxygen atoms in total. The number of benzene rings is 1. The van der Waals surface area contributed by atoms with Crippen molar-refractivity contribution in [2.45, 2.75) is 39.3 Å². The first-order valence-electron chi connectivity index (χ1n) is 11.0. The van der Waals surface area contributed by atoms with Gasteiger partial charge in [0.05, 0.1) is 23.9 Å². The number of amides is 2. The zero-order valence-electron chi connectivity index (χ0n) is 18.9. The highest BCUT2D eigenvalue weighted by Crippen LogP contribution is 2.35. The molecular formula is C23H27N3O7. The molecule has 0 bridgehead atoms. The molecule has 1 saturated heterocycles. The number of carbonyl (C=O) groups is 3. The first-order valence-corrected chi connectivity index (χ1v) is 11.0. The summed E-state index contributed by atoms with van der Waals surface area (Å²) in [5.41, 5.74) is 0.150. The van der Waals surface area contributed by atoms with E-state index < -0.39 is 17.4 Å². The summed E-state index contributed by atoms with van der Waals surface area (Å²) in [5, 5.41) is 3.00. The van der Waals surface area contributed by atoms with Gasteiger partial charge in [-0.2, -0.15) is 0 Å². The van der Waals surface area contributed by atoms with Gasteiger partial charge in [-0.1, -0.05) is 0 Å². The number of piperidine rings is 1. The quantitative estimate of drug-likeness (QED) is 0.673. The van der Waals surface area contributed by atoms with Crippen LogP contribution < -0.4 is 20.2 Å². The number of aryl methyl sites for hydroxylation is 1. The molecule has 4 rings (SSSR count). The van der Waals surface area contributed by atoms with Crippen LogP contribution in [-0.4, -0.2) is 60.3 Å². The highest BCUT2D eigenvalue weighted by molar-refractivity contribution is 6.00. The van der Waals surface area contributed by atoms with E-state index in [-0.39, 0.29) is 30.2 Å². The fourth-order valence-electron chi connectivity index (χ4n) is 4.32. The monoisotopic (exact) mass is 457 g/mol. The van der Waals surface area contributed by atoms with Crippen molar-refractivity contribution in [3.05, 3.63) is 34.1 Å². The Bertz CT molecular complexity index is 1160. The second-order valence-corrected chi connectivity index (χ2v) is 8.20. The summed E-state index contributed by atoms with van der Waals surface area (Å²) in [5.74, 6) is -0.353. The van der Waals surface area contributed by atoms with Crippen LogP contribution in [0.2, 0.25) is 0 Å². The van der Waals surface area contributed by atoms with Gasteiger partial charge in [0, 0.05) is 31.9 Å². The Hall–Kier alpha value is -3.56. The summed E-state index contributed by atoms with van der Waals surface area (Å²) in [7, 11) is 1.35. The lowest BCUT2D eigenvalue weighted by Crippen LogP contribution is -2.50. The Morgan fingerprint density at radius 3 is 2.48 bits per heavy atom. The van der Waals surface area contributed by atoms with Gasteiger partial charge < -0.3 is 29.0 Å². The van der Waals surface area contributed by atoms with Crippen molar-refractivity contribution in [3.8, 4) is 11.5 Å². The van der Waals surface area contributed by atoms with E-state index in [0.29, 0.717) is 54.9 Å². The van der Waals surface area contributed by atoms with E-state index in [2.05, 4.69) is 5.32 Å². The zero-order chi connectivity index (χ0) is 23.7. The Morgan fingerprint density at radius 1 is 1.18 bits per heavy atom. The molecule has 1 aromatic carbocycles. The first-order chi connectivity index (χ1) is 15.8. The molecule has 176 valence electrons. The van der Waals surface area contributed by atoms with Crippen LogP contribution in [0, 0.1) is 5.92 Å². The summed E-state index contributed by atoms with van der Waals surface area (Å²) in [4.78, 5) is 52.2. The number of hydrogen-bond acceptors (Lipinski definition) is 7. The third-order valence-corrected chi connectivity index (χ3v) is 6.22. The lowest BCUT2D eigenvalue weighted by molar-refractivity contribution is -0.149. The Morgan fingerprint density at radius 2 is 1.85 bits per heavy atom. The number of hydrogen-bond donors (Lipinski definition) is 1. The molecule has 10 heteroatoms. The second kappa shape index (κ2) is 9.13. The number of esters is 1. The minimum absolute atomic E-state index is 0.0488. The Balaban J connectivity index is 1.51. The minimum atomic E-state index is -0.825. The molecule has 0 saturated carbocycles.